The molecule has 0 saturated heterocycles. The highest BCUT2D eigenvalue weighted by Gasteiger charge is 2.28. The van der Waals surface area contributed by atoms with Crippen LogP contribution in [0.3, 0.4) is 0 Å². The fraction of sp³-hybridized carbons (Fsp3) is 0.391. The molecule has 0 heterocycles. The number of hydrogen-bond acceptors (Lipinski definition) is 3. The molecular formula is C23H28Cl2N2O2S. The van der Waals surface area contributed by atoms with Gasteiger partial charge in [-0.15, -0.1) is 11.8 Å². The number of nitrogens with one attached hydrogen (secondary N) is 1. The van der Waals surface area contributed by atoms with Crippen LogP contribution in [0.4, 0.5) is 0 Å². The van der Waals surface area contributed by atoms with Gasteiger partial charge < -0.3 is 10.2 Å². The molecule has 0 saturated carbocycles. The average Bonchev–Trinajstić information content (AvgIpc) is 2.70. The van der Waals surface area contributed by atoms with E-state index in [0.29, 0.717) is 35.2 Å². The third-order valence-corrected chi connectivity index (χ3v) is 6.23. The molecule has 0 spiro atoms. The first kappa shape index (κ1) is 24.6. The van der Waals surface area contributed by atoms with E-state index in [1.54, 1.807) is 28.8 Å². The molecule has 162 valence electrons. The van der Waals surface area contributed by atoms with E-state index < -0.39 is 6.04 Å². The van der Waals surface area contributed by atoms with Gasteiger partial charge in [0.2, 0.25) is 11.8 Å². The van der Waals surface area contributed by atoms with Crippen LogP contribution in [0.25, 0.3) is 0 Å². The van der Waals surface area contributed by atoms with E-state index in [2.05, 4.69) is 5.32 Å². The molecule has 7 heteroatoms. The Labute approximate surface area is 193 Å². The minimum absolute atomic E-state index is 0.00196. The summed E-state index contributed by atoms with van der Waals surface area (Å²) in [5.41, 5.74) is 0.837. The van der Waals surface area contributed by atoms with Crippen LogP contribution in [0, 0.1) is 0 Å². The predicted molar refractivity (Wildman–Crippen MR) is 126 cm³/mol. The second-order valence-electron chi connectivity index (χ2n) is 7.27. The molecular weight excluding hydrogens is 439 g/mol. The first-order valence-corrected chi connectivity index (χ1v) is 11.8. The average molecular weight is 467 g/mol. The third-order valence-electron chi connectivity index (χ3n) is 4.48. The summed E-state index contributed by atoms with van der Waals surface area (Å²) in [7, 11) is 0. The Morgan fingerprint density at radius 3 is 2.37 bits per heavy atom. The number of halogens is 2. The number of carbonyl (C=O) groups is 2. The van der Waals surface area contributed by atoms with Crippen molar-refractivity contribution in [2.24, 2.45) is 0 Å². The molecule has 2 aromatic rings. The maximum absolute atomic E-state index is 13.2. The summed E-state index contributed by atoms with van der Waals surface area (Å²) in [6.45, 7) is 6.03. The van der Waals surface area contributed by atoms with Crippen molar-refractivity contribution in [3.8, 4) is 0 Å². The number of hydrogen-bond donors (Lipinski definition) is 1. The zero-order valence-corrected chi connectivity index (χ0v) is 19.9. The summed E-state index contributed by atoms with van der Waals surface area (Å²) in [5, 5.41) is 3.82. The van der Waals surface area contributed by atoms with Gasteiger partial charge in [-0.05, 0) is 50.1 Å². The van der Waals surface area contributed by atoms with Crippen molar-refractivity contribution in [3.05, 3.63) is 64.1 Å². The number of thioether (sulfide) groups is 1. The highest BCUT2D eigenvalue weighted by Crippen LogP contribution is 2.25. The zero-order valence-electron chi connectivity index (χ0n) is 17.5. The van der Waals surface area contributed by atoms with Crippen molar-refractivity contribution in [3.63, 3.8) is 0 Å². The van der Waals surface area contributed by atoms with Gasteiger partial charge >= 0.3 is 0 Å². The van der Waals surface area contributed by atoms with Gasteiger partial charge in [0.15, 0.2) is 0 Å². The molecule has 0 aromatic heterocycles. The topological polar surface area (TPSA) is 49.4 Å². The Morgan fingerprint density at radius 2 is 1.77 bits per heavy atom. The van der Waals surface area contributed by atoms with Crippen LogP contribution in [0.15, 0.2) is 53.4 Å². The van der Waals surface area contributed by atoms with Crippen LogP contribution in [0.2, 0.25) is 10.0 Å². The molecule has 0 unspecified atom stereocenters. The van der Waals surface area contributed by atoms with E-state index >= 15 is 0 Å². The standard InChI is InChI=1S/C23H28Cl2N2O2S/c1-4-21(23(29)26-16(2)3)27(15-17-10-11-19(24)20(25)14-17)22(28)12-13-30-18-8-6-5-7-9-18/h5-11,14,16,21H,4,12-13,15H2,1-3H3,(H,26,29)/t21-/m1/s1. The predicted octanol–water partition coefficient (Wildman–Crippen LogP) is 5.81. The number of carbonyl (C=O) groups excluding carboxylic acids is 2. The molecule has 2 amide bonds. The van der Waals surface area contributed by atoms with Gasteiger partial charge in [-0.3, -0.25) is 9.59 Å². The minimum atomic E-state index is -0.545. The third kappa shape index (κ3) is 7.53. The number of benzene rings is 2. The second-order valence-corrected chi connectivity index (χ2v) is 9.25. The van der Waals surface area contributed by atoms with Crippen molar-refractivity contribution < 1.29 is 9.59 Å². The van der Waals surface area contributed by atoms with E-state index in [1.165, 1.54) is 0 Å². The van der Waals surface area contributed by atoms with Crippen LogP contribution in [0.1, 0.15) is 39.2 Å². The Bertz CT molecular complexity index is 846. The van der Waals surface area contributed by atoms with E-state index in [0.717, 1.165) is 10.5 Å². The molecule has 0 aliphatic carbocycles. The lowest BCUT2D eigenvalue weighted by atomic mass is 10.1. The number of rotatable bonds is 10. The monoisotopic (exact) mass is 466 g/mol. The number of nitrogens with zero attached hydrogens (tertiary/aromatic N) is 1. The molecule has 2 rings (SSSR count). The smallest absolute Gasteiger partial charge is 0.243 e. The summed E-state index contributed by atoms with van der Waals surface area (Å²) in [4.78, 5) is 28.7. The second kappa shape index (κ2) is 12.2. The first-order chi connectivity index (χ1) is 14.3. The summed E-state index contributed by atoms with van der Waals surface area (Å²) in [6, 6.07) is 14.7. The summed E-state index contributed by atoms with van der Waals surface area (Å²) in [6.07, 6.45) is 0.865. The van der Waals surface area contributed by atoms with E-state index in [1.807, 2.05) is 57.2 Å². The Kier molecular flexibility index (Phi) is 10.0. The lowest BCUT2D eigenvalue weighted by Gasteiger charge is -2.31. The lowest BCUT2D eigenvalue weighted by molar-refractivity contribution is -0.141. The molecule has 1 atom stereocenters. The van der Waals surface area contributed by atoms with Crippen LogP contribution < -0.4 is 5.32 Å². The van der Waals surface area contributed by atoms with Crippen molar-refractivity contribution in [1.82, 2.24) is 10.2 Å². The fourth-order valence-corrected chi connectivity index (χ4v) is 4.23. The zero-order chi connectivity index (χ0) is 22.1. The van der Waals surface area contributed by atoms with Gasteiger partial charge in [0, 0.05) is 29.7 Å². The van der Waals surface area contributed by atoms with E-state index in [4.69, 9.17) is 23.2 Å². The van der Waals surface area contributed by atoms with E-state index in [-0.39, 0.29) is 17.9 Å². The molecule has 0 aliphatic heterocycles. The van der Waals surface area contributed by atoms with Gasteiger partial charge in [-0.1, -0.05) is 54.4 Å². The van der Waals surface area contributed by atoms with Gasteiger partial charge in [-0.25, -0.2) is 0 Å². The van der Waals surface area contributed by atoms with E-state index in [9.17, 15) is 9.59 Å². The Balaban J connectivity index is 2.16. The van der Waals surface area contributed by atoms with Crippen LogP contribution in [0.5, 0.6) is 0 Å². The molecule has 0 bridgehead atoms. The summed E-state index contributed by atoms with van der Waals surface area (Å²) in [5.74, 6) is 0.440. The summed E-state index contributed by atoms with van der Waals surface area (Å²) >= 11 is 13.8. The summed E-state index contributed by atoms with van der Waals surface area (Å²) < 4.78 is 0. The molecule has 1 N–H and O–H groups in total. The molecule has 0 fully saturated rings. The first-order valence-electron chi connectivity index (χ1n) is 10.0. The molecule has 2 aromatic carbocycles. The molecule has 30 heavy (non-hydrogen) atoms. The van der Waals surface area contributed by atoms with Gasteiger partial charge in [-0.2, -0.15) is 0 Å². The lowest BCUT2D eigenvalue weighted by Crippen LogP contribution is -2.50. The van der Waals surface area contributed by atoms with Gasteiger partial charge in [0.1, 0.15) is 6.04 Å². The van der Waals surface area contributed by atoms with Crippen LogP contribution in [-0.4, -0.2) is 34.6 Å². The highest BCUT2D eigenvalue weighted by molar-refractivity contribution is 7.99. The Hall–Kier alpha value is -1.69. The maximum atomic E-state index is 13.2. The largest absolute Gasteiger partial charge is 0.352 e. The maximum Gasteiger partial charge on any atom is 0.243 e. The number of amides is 2. The molecule has 4 nitrogen and oxygen atoms in total. The molecule has 0 aliphatic rings. The SMILES string of the molecule is CC[C@H](C(=O)NC(C)C)N(Cc1ccc(Cl)c(Cl)c1)C(=O)CCSc1ccccc1. The van der Waals surface area contributed by atoms with Crippen molar-refractivity contribution in [2.75, 3.05) is 5.75 Å². The van der Waals surface area contributed by atoms with Crippen LogP contribution >= 0.6 is 35.0 Å². The fourth-order valence-electron chi connectivity index (χ4n) is 3.05. The Morgan fingerprint density at radius 1 is 1.07 bits per heavy atom. The van der Waals surface area contributed by atoms with Crippen molar-refractivity contribution in [2.45, 2.75) is 57.1 Å². The van der Waals surface area contributed by atoms with Crippen molar-refractivity contribution >= 4 is 46.8 Å². The highest BCUT2D eigenvalue weighted by atomic mass is 35.5. The van der Waals surface area contributed by atoms with Crippen LogP contribution in [-0.2, 0) is 16.1 Å². The molecule has 0 radical (unpaired) electrons. The van der Waals surface area contributed by atoms with Gasteiger partial charge in [0.05, 0.1) is 10.0 Å². The van der Waals surface area contributed by atoms with Gasteiger partial charge in [0.25, 0.3) is 0 Å². The minimum Gasteiger partial charge on any atom is -0.352 e. The quantitative estimate of drug-likeness (QED) is 0.449. The normalized spacial score (nSPS) is 11.9. The van der Waals surface area contributed by atoms with Crippen molar-refractivity contribution in [1.29, 1.82) is 0 Å².